The molecule has 0 saturated carbocycles. The van der Waals surface area contributed by atoms with E-state index in [0.29, 0.717) is 12.2 Å². The number of anilines is 3. The normalized spacial score (nSPS) is 13.8. The summed E-state index contributed by atoms with van der Waals surface area (Å²) in [6.45, 7) is 9.54. The van der Waals surface area contributed by atoms with E-state index in [0.717, 1.165) is 41.3 Å². The zero-order valence-electron chi connectivity index (χ0n) is 22.1. The van der Waals surface area contributed by atoms with Gasteiger partial charge in [0.2, 0.25) is 11.9 Å². The molecule has 1 amide bonds. The number of aromatic nitrogens is 3. The fourth-order valence-corrected chi connectivity index (χ4v) is 3.96. The third-order valence-electron chi connectivity index (χ3n) is 5.85. The number of rotatable bonds is 9. The molecule has 202 valence electrons. The standard InChI is InChI=1S/C27H35N7O4/c1-27(2,3)38-26(36)29-18-19-6-8-20(9-7-19)23(35)34-24(28)31-25(32-34)30-21-10-12-22(13-11-21)37-17-16-33-14-4-5-15-33/h6-13H,4-5,14-18H2,1-3H3,(H,29,36)(H3,28,30,31,32). The summed E-state index contributed by atoms with van der Waals surface area (Å²) in [5, 5.41) is 9.97. The Kier molecular flexibility index (Phi) is 8.47. The van der Waals surface area contributed by atoms with Gasteiger partial charge in [-0.3, -0.25) is 9.69 Å². The van der Waals surface area contributed by atoms with Gasteiger partial charge in [-0.25, -0.2) is 4.79 Å². The van der Waals surface area contributed by atoms with E-state index in [2.05, 4.69) is 25.6 Å². The van der Waals surface area contributed by atoms with Gasteiger partial charge in [-0.05, 0) is 88.7 Å². The first-order valence-corrected chi connectivity index (χ1v) is 12.7. The summed E-state index contributed by atoms with van der Waals surface area (Å²) in [5.74, 6) is 0.538. The van der Waals surface area contributed by atoms with Crippen molar-refractivity contribution >= 4 is 29.6 Å². The molecule has 0 atom stereocenters. The van der Waals surface area contributed by atoms with Crippen LogP contribution in [0.25, 0.3) is 0 Å². The van der Waals surface area contributed by atoms with Gasteiger partial charge in [-0.1, -0.05) is 12.1 Å². The Morgan fingerprint density at radius 2 is 1.71 bits per heavy atom. The van der Waals surface area contributed by atoms with E-state index in [4.69, 9.17) is 15.2 Å². The molecule has 0 bridgehead atoms. The summed E-state index contributed by atoms with van der Waals surface area (Å²) in [6, 6.07) is 14.2. The number of ether oxygens (including phenoxy) is 2. The van der Waals surface area contributed by atoms with Gasteiger partial charge in [0.15, 0.2) is 0 Å². The maximum absolute atomic E-state index is 13.0. The van der Waals surface area contributed by atoms with Crippen LogP contribution in [0, 0.1) is 0 Å². The van der Waals surface area contributed by atoms with Crippen LogP contribution < -0.4 is 21.1 Å². The molecular weight excluding hydrogens is 486 g/mol. The zero-order chi connectivity index (χ0) is 27.1. The van der Waals surface area contributed by atoms with Gasteiger partial charge < -0.3 is 25.8 Å². The number of nitrogens with zero attached hydrogens (tertiary/aromatic N) is 4. The monoisotopic (exact) mass is 521 g/mol. The molecule has 38 heavy (non-hydrogen) atoms. The first kappa shape index (κ1) is 26.9. The van der Waals surface area contributed by atoms with Gasteiger partial charge in [-0.2, -0.15) is 9.67 Å². The second kappa shape index (κ2) is 12.0. The number of carbonyl (C=O) groups excluding carboxylic acids is 2. The van der Waals surface area contributed by atoms with E-state index in [9.17, 15) is 9.59 Å². The van der Waals surface area contributed by atoms with Crippen LogP contribution in [0.15, 0.2) is 48.5 Å². The topological polar surface area (TPSA) is 137 Å². The van der Waals surface area contributed by atoms with Gasteiger partial charge in [0.1, 0.15) is 18.0 Å². The number of amides is 1. The average molecular weight is 522 g/mol. The molecule has 0 spiro atoms. The van der Waals surface area contributed by atoms with E-state index in [-0.39, 0.29) is 18.4 Å². The largest absolute Gasteiger partial charge is 0.492 e. The molecular formula is C27H35N7O4. The number of benzene rings is 2. The maximum atomic E-state index is 13.0. The molecule has 3 aromatic rings. The average Bonchev–Trinajstić information content (AvgIpc) is 3.52. The number of hydrogen-bond donors (Lipinski definition) is 3. The Labute approximate surface area is 222 Å². The minimum absolute atomic E-state index is 0.0324. The predicted octanol–water partition coefficient (Wildman–Crippen LogP) is 3.79. The van der Waals surface area contributed by atoms with Crippen LogP contribution in [-0.2, 0) is 11.3 Å². The Balaban J connectivity index is 1.29. The highest BCUT2D eigenvalue weighted by molar-refractivity contribution is 5.96. The molecule has 2 heterocycles. The highest BCUT2D eigenvalue weighted by atomic mass is 16.6. The van der Waals surface area contributed by atoms with E-state index in [1.807, 2.05) is 24.3 Å². The van der Waals surface area contributed by atoms with Crippen molar-refractivity contribution in [3.8, 4) is 5.75 Å². The van der Waals surface area contributed by atoms with Crippen LogP contribution in [0.1, 0.15) is 49.5 Å². The number of nitrogens with two attached hydrogens (primary N) is 1. The van der Waals surface area contributed by atoms with Crippen molar-refractivity contribution in [3.05, 3.63) is 59.7 Å². The second-order valence-electron chi connectivity index (χ2n) is 10.1. The lowest BCUT2D eigenvalue weighted by atomic mass is 10.1. The third-order valence-corrected chi connectivity index (χ3v) is 5.85. The summed E-state index contributed by atoms with van der Waals surface area (Å²) in [4.78, 5) is 31.4. The number of nitrogen functional groups attached to an aromatic ring is 1. The van der Waals surface area contributed by atoms with Gasteiger partial charge in [-0.15, -0.1) is 5.10 Å². The Bertz CT molecular complexity index is 1230. The molecule has 0 radical (unpaired) electrons. The summed E-state index contributed by atoms with van der Waals surface area (Å²) in [5.41, 5.74) is 7.32. The van der Waals surface area contributed by atoms with Crippen molar-refractivity contribution in [1.82, 2.24) is 25.0 Å². The van der Waals surface area contributed by atoms with Gasteiger partial charge in [0, 0.05) is 24.3 Å². The highest BCUT2D eigenvalue weighted by Crippen LogP contribution is 2.20. The number of nitrogens with one attached hydrogen (secondary N) is 2. The van der Waals surface area contributed by atoms with Gasteiger partial charge >= 0.3 is 6.09 Å². The molecule has 1 fully saturated rings. The summed E-state index contributed by atoms with van der Waals surface area (Å²) < 4.78 is 12.1. The summed E-state index contributed by atoms with van der Waals surface area (Å²) in [7, 11) is 0. The van der Waals surface area contributed by atoms with Crippen molar-refractivity contribution in [3.63, 3.8) is 0 Å². The molecule has 1 aromatic heterocycles. The number of hydrogen-bond acceptors (Lipinski definition) is 9. The lowest BCUT2D eigenvalue weighted by Gasteiger charge is -2.19. The van der Waals surface area contributed by atoms with Crippen LogP contribution in [0.3, 0.4) is 0 Å². The van der Waals surface area contributed by atoms with Crippen LogP contribution in [0.5, 0.6) is 5.75 Å². The van der Waals surface area contributed by atoms with Crippen LogP contribution >= 0.6 is 0 Å². The van der Waals surface area contributed by atoms with Crippen LogP contribution in [0.2, 0.25) is 0 Å². The number of alkyl carbamates (subject to hydrolysis) is 1. The summed E-state index contributed by atoms with van der Waals surface area (Å²) >= 11 is 0. The molecule has 4 N–H and O–H groups in total. The molecule has 4 rings (SSSR count). The van der Waals surface area contributed by atoms with Crippen LogP contribution in [-0.4, -0.2) is 63.5 Å². The van der Waals surface area contributed by atoms with E-state index < -0.39 is 17.6 Å². The van der Waals surface area contributed by atoms with Crippen LogP contribution in [0.4, 0.5) is 22.4 Å². The molecule has 2 aromatic carbocycles. The smallest absolute Gasteiger partial charge is 0.407 e. The molecule has 0 aliphatic carbocycles. The molecule has 1 saturated heterocycles. The van der Waals surface area contributed by atoms with Crippen molar-refractivity contribution in [1.29, 1.82) is 0 Å². The molecule has 0 unspecified atom stereocenters. The van der Waals surface area contributed by atoms with Gasteiger partial charge in [0.05, 0.1) is 0 Å². The van der Waals surface area contributed by atoms with E-state index >= 15 is 0 Å². The second-order valence-corrected chi connectivity index (χ2v) is 10.1. The first-order valence-electron chi connectivity index (χ1n) is 12.7. The number of carbonyl (C=O) groups is 2. The van der Waals surface area contributed by atoms with Crippen molar-refractivity contribution in [2.24, 2.45) is 0 Å². The minimum Gasteiger partial charge on any atom is -0.492 e. The fraction of sp³-hybridized carbons (Fsp3) is 0.407. The predicted molar refractivity (Wildman–Crippen MR) is 145 cm³/mol. The Morgan fingerprint density at radius 1 is 1.03 bits per heavy atom. The lowest BCUT2D eigenvalue weighted by Crippen LogP contribution is -2.32. The SMILES string of the molecule is CC(C)(C)OC(=O)NCc1ccc(C(=O)n2nc(Nc3ccc(OCCN4CCCC4)cc3)nc2N)cc1. The Hall–Kier alpha value is -4.12. The van der Waals surface area contributed by atoms with E-state index in [1.54, 1.807) is 45.0 Å². The van der Waals surface area contributed by atoms with Crippen molar-refractivity contribution < 1.29 is 19.1 Å². The number of likely N-dealkylation sites (tertiary alicyclic amines) is 1. The Morgan fingerprint density at radius 3 is 2.37 bits per heavy atom. The zero-order valence-corrected chi connectivity index (χ0v) is 22.1. The molecule has 11 nitrogen and oxygen atoms in total. The van der Waals surface area contributed by atoms with Crippen molar-refractivity contribution in [2.45, 2.75) is 45.8 Å². The first-order chi connectivity index (χ1) is 18.2. The lowest BCUT2D eigenvalue weighted by molar-refractivity contribution is 0.0523. The van der Waals surface area contributed by atoms with E-state index in [1.165, 1.54) is 12.8 Å². The van der Waals surface area contributed by atoms with Gasteiger partial charge in [0.25, 0.3) is 5.91 Å². The maximum Gasteiger partial charge on any atom is 0.407 e. The highest BCUT2D eigenvalue weighted by Gasteiger charge is 2.18. The molecule has 1 aliphatic rings. The quantitative estimate of drug-likeness (QED) is 0.384. The molecule has 11 heteroatoms. The third kappa shape index (κ3) is 7.69. The molecule has 1 aliphatic heterocycles. The fourth-order valence-electron chi connectivity index (χ4n) is 3.96. The minimum atomic E-state index is -0.573. The summed E-state index contributed by atoms with van der Waals surface area (Å²) in [6.07, 6.45) is 2.02. The van der Waals surface area contributed by atoms with Crippen molar-refractivity contribution in [2.75, 3.05) is 37.3 Å².